The second-order valence-electron chi connectivity index (χ2n) is 6.85. The molecule has 2 rings (SSSR count). The van der Waals surface area contributed by atoms with Gasteiger partial charge in [0.15, 0.2) is 0 Å². The standard InChI is InChI=1S/C17H22F6N4O/c1-26-6-2-3-12(26)8-25-14-5-4-11(7-13(14)24)15(28)27(9-16(18,19)20)10-17(21,22)23/h4-5,7,12,25H,2-3,6,8-10,24H2,1H3. The average Bonchev–Trinajstić information content (AvgIpc) is 2.95. The van der Waals surface area contributed by atoms with Gasteiger partial charge in [0.1, 0.15) is 13.1 Å². The van der Waals surface area contributed by atoms with Gasteiger partial charge in [0.05, 0.1) is 11.4 Å². The Morgan fingerprint density at radius 3 is 2.29 bits per heavy atom. The predicted molar refractivity (Wildman–Crippen MR) is 93.0 cm³/mol. The van der Waals surface area contributed by atoms with Crippen molar-refractivity contribution in [3.05, 3.63) is 23.8 Å². The van der Waals surface area contributed by atoms with Crippen LogP contribution >= 0.6 is 0 Å². The lowest BCUT2D eigenvalue weighted by molar-refractivity contribution is -0.171. The fraction of sp³-hybridized carbons (Fsp3) is 0.588. The maximum atomic E-state index is 12.6. The molecule has 0 saturated carbocycles. The van der Waals surface area contributed by atoms with Gasteiger partial charge >= 0.3 is 12.4 Å². The zero-order chi connectivity index (χ0) is 21.1. The van der Waals surface area contributed by atoms with Gasteiger partial charge in [0, 0.05) is 18.2 Å². The molecule has 1 aromatic carbocycles. The first-order valence-corrected chi connectivity index (χ1v) is 8.62. The summed E-state index contributed by atoms with van der Waals surface area (Å²) < 4.78 is 75.5. The van der Waals surface area contributed by atoms with Crippen LogP contribution in [0.4, 0.5) is 37.7 Å². The fourth-order valence-electron chi connectivity index (χ4n) is 3.14. The molecular weight excluding hydrogens is 390 g/mol. The third kappa shape index (κ3) is 6.47. The number of carbonyl (C=O) groups is 1. The van der Waals surface area contributed by atoms with Gasteiger partial charge in [0.25, 0.3) is 5.91 Å². The van der Waals surface area contributed by atoms with E-state index in [9.17, 15) is 31.1 Å². The first-order valence-electron chi connectivity index (χ1n) is 8.62. The van der Waals surface area contributed by atoms with Crippen molar-refractivity contribution in [2.45, 2.75) is 31.2 Å². The lowest BCUT2D eigenvalue weighted by Crippen LogP contribution is -2.44. The van der Waals surface area contributed by atoms with E-state index in [0.717, 1.165) is 25.5 Å². The maximum absolute atomic E-state index is 12.6. The molecule has 0 aromatic heterocycles. The van der Waals surface area contributed by atoms with E-state index in [0.29, 0.717) is 18.3 Å². The molecule has 28 heavy (non-hydrogen) atoms. The van der Waals surface area contributed by atoms with E-state index in [-0.39, 0.29) is 16.2 Å². The topological polar surface area (TPSA) is 61.6 Å². The van der Waals surface area contributed by atoms with E-state index in [4.69, 9.17) is 5.73 Å². The Hall–Kier alpha value is -2.17. The third-order valence-corrected chi connectivity index (χ3v) is 4.53. The normalized spacial score (nSPS) is 18.3. The van der Waals surface area contributed by atoms with Crippen LogP contribution in [-0.4, -0.2) is 67.3 Å². The SMILES string of the molecule is CN1CCCC1CNc1ccc(C(=O)N(CC(F)(F)F)CC(F)(F)F)cc1N. The van der Waals surface area contributed by atoms with Gasteiger partial charge in [-0.1, -0.05) is 0 Å². The van der Waals surface area contributed by atoms with Crippen LogP contribution in [0, 0.1) is 0 Å². The highest BCUT2D eigenvalue weighted by Crippen LogP contribution is 2.26. The van der Waals surface area contributed by atoms with Gasteiger partial charge in [-0.15, -0.1) is 0 Å². The first-order chi connectivity index (χ1) is 12.9. The van der Waals surface area contributed by atoms with Gasteiger partial charge in [-0.25, -0.2) is 0 Å². The number of rotatable bonds is 6. The minimum atomic E-state index is -4.96. The van der Waals surface area contributed by atoms with Crippen molar-refractivity contribution in [1.29, 1.82) is 0 Å². The van der Waals surface area contributed by atoms with Gasteiger partial charge < -0.3 is 20.9 Å². The van der Waals surface area contributed by atoms with Crippen LogP contribution in [0.5, 0.6) is 0 Å². The molecule has 0 bridgehead atoms. The van der Waals surface area contributed by atoms with E-state index in [2.05, 4.69) is 10.2 Å². The molecule has 1 atom stereocenters. The van der Waals surface area contributed by atoms with Crippen molar-refractivity contribution >= 4 is 17.3 Å². The Morgan fingerprint density at radius 1 is 1.21 bits per heavy atom. The minimum Gasteiger partial charge on any atom is -0.397 e. The molecular formula is C17H22F6N4O. The average molecular weight is 412 g/mol. The molecule has 1 aliphatic rings. The van der Waals surface area contributed by atoms with E-state index < -0.39 is 31.3 Å². The number of anilines is 2. The molecule has 0 radical (unpaired) electrons. The highest BCUT2D eigenvalue weighted by Gasteiger charge is 2.39. The first kappa shape index (κ1) is 22.1. The second-order valence-corrected chi connectivity index (χ2v) is 6.85. The van der Waals surface area contributed by atoms with Gasteiger partial charge in [-0.2, -0.15) is 26.3 Å². The molecule has 1 heterocycles. The monoisotopic (exact) mass is 412 g/mol. The van der Waals surface area contributed by atoms with E-state index in [1.807, 2.05) is 7.05 Å². The minimum absolute atomic E-state index is 0.0745. The van der Waals surface area contributed by atoms with Gasteiger partial charge in [0.2, 0.25) is 0 Å². The largest absolute Gasteiger partial charge is 0.406 e. The van der Waals surface area contributed by atoms with Crippen LogP contribution in [0.25, 0.3) is 0 Å². The summed E-state index contributed by atoms with van der Waals surface area (Å²) in [5.41, 5.74) is 6.05. The molecule has 11 heteroatoms. The molecule has 1 unspecified atom stereocenters. The van der Waals surface area contributed by atoms with Crippen molar-refractivity contribution in [2.24, 2.45) is 0 Å². The number of amides is 1. The van der Waals surface area contributed by atoms with Crippen LogP contribution in [0.1, 0.15) is 23.2 Å². The Morgan fingerprint density at radius 2 is 1.82 bits per heavy atom. The number of hydrogen-bond acceptors (Lipinski definition) is 4. The van der Waals surface area contributed by atoms with Gasteiger partial charge in [-0.05, 0) is 44.6 Å². The molecule has 1 aliphatic heterocycles. The molecule has 158 valence electrons. The van der Waals surface area contributed by atoms with Crippen LogP contribution < -0.4 is 11.1 Å². The summed E-state index contributed by atoms with van der Waals surface area (Å²) in [4.78, 5) is 14.1. The fourth-order valence-corrected chi connectivity index (χ4v) is 3.14. The quantitative estimate of drug-likeness (QED) is 0.556. The lowest BCUT2D eigenvalue weighted by atomic mass is 10.1. The number of likely N-dealkylation sites (tertiary alicyclic amines) is 1. The summed E-state index contributed by atoms with van der Waals surface area (Å²) >= 11 is 0. The highest BCUT2D eigenvalue weighted by molar-refractivity contribution is 5.96. The number of nitrogen functional groups attached to an aromatic ring is 1. The summed E-state index contributed by atoms with van der Waals surface area (Å²) in [5, 5.41) is 3.11. The maximum Gasteiger partial charge on any atom is 0.406 e. The van der Waals surface area contributed by atoms with Crippen LogP contribution in [0.3, 0.4) is 0 Å². The number of likely N-dealkylation sites (N-methyl/N-ethyl adjacent to an activating group) is 1. The number of carbonyl (C=O) groups excluding carboxylic acids is 1. The zero-order valence-corrected chi connectivity index (χ0v) is 15.2. The smallest absolute Gasteiger partial charge is 0.397 e. The molecule has 5 nitrogen and oxygen atoms in total. The van der Waals surface area contributed by atoms with Crippen molar-refractivity contribution < 1.29 is 31.1 Å². The molecule has 1 fully saturated rings. The Labute approximate surface area is 158 Å². The molecule has 1 saturated heterocycles. The third-order valence-electron chi connectivity index (χ3n) is 4.53. The van der Waals surface area contributed by atoms with E-state index in [1.165, 1.54) is 12.1 Å². The Balaban J connectivity index is 2.11. The molecule has 1 aromatic rings. The number of alkyl halides is 6. The number of nitrogens with one attached hydrogen (secondary N) is 1. The van der Waals surface area contributed by atoms with Crippen molar-refractivity contribution in [1.82, 2.24) is 9.80 Å². The number of benzene rings is 1. The van der Waals surface area contributed by atoms with Crippen LogP contribution in [-0.2, 0) is 0 Å². The predicted octanol–water partition coefficient (Wildman–Crippen LogP) is 3.34. The summed E-state index contributed by atoms with van der Waals surface area (Å²) in [6, 6.07) is 3.94. The van der Waals surface area contributed by atoms with Crippen LogP contribution in [0.15, 0.2) is 18.2 Å². The van der Waals surface area contributed by atoms with Crippen molar-refractivity contribution in [3.63, 3.8) is 0 Å². The lowest BCUT2D eigenvalue weighted by Gasteiger charge is -2.25. The van der Waals surface area contributed by atoms with Crippen LogP contribution in [0.2, 0.25) is 0 Å². The Bertz CT molecular complexity index is 675. The zero-order valence-electron chi connectivity index (χ0n) is 15.2. The summed E-state index contributed by atoms with van der Waals surface area (Å²) in [7, 11) is 1.99. The molecule has 0 spiro atoms. The summed E-state index contributed by atoms with van der Waals surface area (Å²) in [5.74, 6) is -1.39. The molecule has 1 amide bonds. The number of nitrogens with two attached hydrogens (primary N) is 1. The van der Waals surface area contributed by atoms with E-state index >= 15 is 0 Å². The van der Waals surface area contributed by atoms with E-state index in [1.54, 1.807) is 0 Å². The Kier molecular flexibility index (Phi) is 6.68. The highest BCUT2D eigenvalue weighted by atomic mass is 19.4. The second kappa shape index (κ2) is 8.46. The number of halogens is 6. The van der Waals surface area contributed by atoms with Crippen molar-refractivity contribution in [2.75, 3.05) is 44.3 Å². The summed E-state index contributed by atoms with van der Waals surface area (Å²) in [6.07, 6.45) is -7.84. The molecule has 3 N–H and O–H groups in total. The van der Waals surface area contributed by atoms with Gasteiger partial charge in [-0.3, -0.25) is 4.79 Å². The summed E-state index contributed by atoms with van der Waals surface area (Å²) in [6.45, 7) is -2.44. The number of hydrogen-bond donors (Lipinski definition) is 2. The van der Waals surface area contributed by atoms with Crippen molar-refractivity contribution in [3.8, 4) is 0 Å². The number of nitrogens with zero attached hydrogens (tertiary/aromatic N) is 2. The molecule has 0 aliphatic carbocycles.